The molecule has 6 heteroatoms. The van der Waals surface area contributed by atoms with E-state index in [1.807, 2.05) is 0 Å². The molecule has 0 aliphatic carbocycles. The summed E-state index contributed by atoms with van der Waals surface area (Å²) in [6, 6.07) is 3.85. The van der Waals surface area contributed by atoms with Gasteiger partial charge in [0.05, 0.1) is 17.6 Å². The van der Waals surface area contributed by atoms with E-state index in [1.54, 1.807) is 0 Å². The van der Waals surface area contributed by atoms with Crippen LogP contribution in [0.2, 0.25) is 0 Å². The molecule has 0 aromatic heterocycles. The highest BCUT2D eigenvalue weighted by Crippen LogP contribution is 2.35. The van der Waals surface area contributed by atoms with Crippen LogP contribution in [0, 0.1) is 24.4 Å². The third kappa shape index (κ3) is 2.91. The summed E-state index contributed by atoms with van der Waals surface area (Å²) in [5.41, 5.74) is 6.27. The van der Waals surface area contributed by atoms with Crippen LogP contribution in [-0.4, -0.2) is 7.11 Å². The molecule has 1 unspecified atom stereocenters. The lowest BCUT2D eigenvalue weighted by molar-refractivity contribution is 0.402. The van der Waals surface area contributed by atoms with Gasteiger partial charge in [0.15, 0.2) is 0 Å². The maximum atomic E-state index is 14.2. The smallest absolute Gasteiger partial charge is 0.141 e. The molecule has 0 saturated heterocycles. The second kappa shape index (κ2) is 6.07. The zero-order valence-corrected chi connectivity index (χ0v) is 13.0. The van der Waals surface area contributed by atoms with Gasteiger partial charge in [0.2, 0.25) is 0 Å². The third-order valence-electron chi connectivity index (χ3n) is 3.24. The maximum absolute atomic E-state index is 14.2. The van der Waals surface area contributed by atoms with E-state index in [1.165, 1.54) is 26.2 Å². The monoisotopic (exact) mass is 359 g/mol. The largest absolute Gasteiger partial charge is 0.496 e. The lowest BCUT2D eigenvalue weighted by Crippen LogP contribution is -2.17. The van der Waals surface area contributed by atoms with Gasteiger partial charge in [-0.2, -0.15) is 0 Å². The molecule has 21 heavy (non-hydrogen) atoms. The zero-order chi connectivity index (χ0) is 15.7. The number of rotatable bonds is 3. The first kappa shape index (κ1) is 15.9. The molecule has 0 bridgehead atoms. The molecule has 0 radical (unpaired) electrons. The minimum atomic E-state index is -1.11. The Kier molecular flexibility index (Phi) is 4.58. The molecule has 2 nitrogen and oxygen atoms in total. The van der Waals surface area contributed by atoms with Crippen LogP contribution >= 0.6 is 15.9 Å². The second-order valence-corrected chi connectivity index (χ2v) is 5.43. The van der Waals surface area contributed by atoms with Crippen LogP contribution in [0.5, 0.6) is 5.75 Å². The van der Waals surface area contributed by atoms with Crippen molar-refractivity contribution in [2.75, 3.05) is 7.11 Å². The Morgan fingerprint density at radius 1 is 1.14 bits per heavy atom. The molecule has 112 valence electrons. The summed E-state index contributed by atoms with van der Waals surface area (Å²) in [5.74, 6) is -1.89. The van der Waals surface area contributed by atoms with Gasteiger partial charge < -0.3 is 10.5 Å². The summed E-state index contributed by atoms with van der Waals surface area (Å²) in [7, 11) is 1.34. The molecule has 2 N–H and O–H groups in total. The van der Waals surface area contributed by atoms with Crippen LogP contribution in [0.1, 0.15) is 22.7 Å². The summed E-state index contributed by atoms with van der Waals surface area (Å²) in [6.45, 7) is 1.52. The molecule has 0 spiro atoms. The first-order valence-electron chi connectivity index (χ1n) is 6.09. The maximum Gasteiger partial charge on any atom is 0.141 e. The van der Waals surface area contributed by atoms with Crippen molar-refractivity contribution >= 4 is 15.9 Å². The van der Waals surface area contributed by atoms with Crippen molar-refractivity contribution in [2.24, 2.45) is 5.73 Å². The number of hydrogen-bond donors (Lipinski definition) is 1. The molecule has 0 saturated carbocycles. The van der Waals surface area contributed by atoms with E-state index >= 15 is 0 Å². The predicted octanol–water partition coefficient (Wildman–Crippen LogP) is 4.23. The molecule has 0 heterocycles. The third-order valence-corrected chi connectivity index (χ3v) is 3.85. The van der Waals surface area contributed by atoms with Crippen LogP contribution in [0.15, 0.2) is 28.7 Å². The van der Waals surface area contributed by atoms with Gasteiger partial charge in [0, 0.05) is 17.2 Å². The van der Waals surface area contributed by atoms with Gasteiger partial charge in [-0.15, -0.1) is 0 Å². The number of hydrogen-bond acceptors (Lipinski definition) is 2. The molecular weight excluding hydrogens is 347 g/mol. The Balaban J connectivity index is 2.63. The highest BCUT2D eigenvalue weighted by Gasteiger charge is 2.23. The fourth-order valence-electron chi connectivity index (χ4n) is 2.08. The van der Waals surface area contributed by atoms with Crippen LogP contribution in [0.3, 0.4) is 0 Å². The Hall–Kier alpha value is -1.53. The van der Waals surface area contributed by atoms with E-state index in [4.69, 9.17) is 10.5 Å². The number of ether oxygens (including phenoxy) is 1. The summed E-state index contributed by atoms with van der Waals surface area (Å²) in [5, 5.41) is 0. The van der Waals surface area contributed by atoms with Crippen molar-refractivity contribution in [3.8, 4) is 5.75 Å². The first-order chi connectivity index (χ1) is 9.86. The number of aryl methyl sites for hydroxylation is 1. The summed E-state index contributed by atoms with van der Waals surface area (Å²) in [4.78, 5) is 0. The lowest BCUT2D eigenvalue weighted by Gasteiger charge is -2.19. The normalized spacial score (nSPS) is 12.3. The minimum absolute atomic E-state index is 0.128. The summed E-state index contributed by atoms with van der Waals surface area (Å²) >= 11 is 3.03. The SMILES string of the molecule is COc1cc(F)c(Br)cc1C(N)c1c(F)ccc(C)c1F. The quantitative estimate of drug-likeness (QED) is 0.889. The molecule has 0 aliphatic heterocycles. The predicted molar refractivity (Wildman–Crippen MR) is 77.8 cm³/mol. The van der Waals surface area contributed by atoms with E-state index in [-0.39, 0.29) is 26.9 Å². The number of benzene rings is 2. The van der Waals surface area contributed by atoms with E-state index < -0.39 is 23.5 Å². The lowest BCUT2D eigenvalue weighted by atomic mass is 9.96. The number of nitrogens with two attached hydrogens (primary N) is 1. The second-order valence-electron chi connectivity index (χ2n) is 4.58. The highest BCUT2D eigenvalue weighted by atomic mass is 79.9. The van der Waals surface area contributed by atoms with Crippen LogP contribution in [0.25, 0.3) is 0 Å². The van der Waals surface area contributed by atoms with Crippen molar-refractivity contribution in [3.63, 3.8) is 0 Å². The van der Waals surface area contributed by atoms with Crippen molar-refractivity contribution in [2.45, 2.75) is 13.0 Å². The standard InChI is InChI=1S/C15H13BrF3NO/c1-7-3-4-10(17)13(14(7)19)15(20)8-5-9(16)11(18)6-12(8)21-2/h3-6,15H,20H2,1-2H3. The van der Waals surface area contributed by atoms with Gasteiger partial charge >= 0.3 is 0 Å². The van der Waals surface area contributed by atoms with Crippen molar-refractivity contribution in [1.82, 2.24) is 0 Å². The van der Waals surface area contributed by atoms with Crippen LogP contribution in [0.4, 0.5) is 13.2 Å². The topological polar surface area (TPSA) is 35.2 Å². The van der Waals surface area contributed by atoms with E-state index in [9.17, 15) is 13.2 Å². The Morgan fingerprint density at radius 3 is 2.43 bits per heavy atom. The van der Waals surface area contributed by atoms with Crippen molar-refractivity contribution in [3.05, 3.63) is 62.9 Å². The zero-order valence-electron chi connectivity index (χ0n) is 11.4. The molecule has 2 aromatic rings. The van der Waals surface area contributed by atoms with E-state index in [0.717, 1.165) is 12.1 Å². The summed E-state index contributed by atoms with van der Waals surface area (Å²) < 4.78 is 46.8. The van der Waals surface area contributed by atoms with Gasteiger partial charge in [0.25, 0.3) is 0 Å². The van der Waals surface area contributed by atoms with Crippen LogP contribution in [-0.2, 0) is 0 Å². The first-order valence-corrected chi connectivity index (χ1v) is 6.89. The molecular formula is C15H13BrF3NO. The van der Waals surface area contributed by atoms with Gasteiger partial charge in [-0.05, 0) is 40.5 Å². The fraction of sp³-hybridized carbons (Fsp3) is 0.200. The van der Waals surface area contributed by atoms with Crippen LogP contribution < -0.4 is 10.5 Å². The Bertz CT molecular complexity index is 691. The molecule has 0 fully saturated rings. The average molecular weight is 360 g/mol. The molecule has 2 rings (SSSR count). The summed E-state index contributed by atoms with van der Waals surface area (Å²) in [6.07, 6.45) is 0. The Labute approximate surface area is 128 Å². The van der Waals surface area contributed by atoms with E-state index in [0.29, 0.717) is 0 Å². The van der Waals surface area contributed by atoms with Gasteiger partial charge in [-0.3, -0.25) is 0 Å². The highest BCUT2D eigenvalue weighted by molar-refractivity contribution is 9.10. The van der Waals surface area contributed by atoms with Crippen molar-refractivity contribution < 1.29 is 17.9 Å². The minimum Gasteiger partial charge on any atom is -0.496 e. The number of halogens is 4. The average Bonchev–Trinajstić information content (AvgIpc) is 2.45. The fourth-order valence-corrected chi connectivity index (χ4v) is 2.44. The molecule has 2 aromatic carbocycles. The van der Waals surface area contributed by atoms with E-state index in [2.05, 4.69) is 15.9 Å². The van der Waals surface area contributed by atoms with Gasteiger partial charge in [-0.1, -0.05) is 6.07 Å². The molecule has 0 aliphatic rings. The number of methoxy groups -OCH3 is 1. The van der Waals surface area contributed by atoms with Crippen molar-refractivity contribution in [1.29, 1.82) is 0 Å². The van der Waals surface area contributed by atoms with Gasteiger partial charge in [0.1, 0.15) is 23.2 Å². The van der Waals surface area contributed by atoms with Gasteiger partial charge in [-0.25, -0.2) is 13.2 Å². The molecule has 1 atom stereocenters. The Morgan fingerprint density at radius 2 is 1.81 bits per heavy atom. The molecule has 0 amide bonds.